The Morgan fingerprint density at radius 1 is 1.71 bits per heavy atom. The van der Waals surface area contributed by atoms with E-state index in [1.54, 1.807) is 6.92 Å². The molecule has 0 bridgehead atoms. The fraction of sp³-hybridized carbons (Fsp3) is 0.714. The van der Waals surface area contributed by atoms with E-state index in [1.807, 2.05) is 19.1 Å². The zero-order chi connectivity index (χ0) is 7.28. The summed E-state index contributed by atoms with van der Waals surface area (Å²) < 4.78 is 14.4. The van der Waals surface area contributed by atoms with Gasteiger partial charge < -0.3 is 0 Å². The third-order valence-electron chi connectivity index (χ3n) is 0.744. The van der Waals surface area contributed by atoms with Gasteiger partial charge in [-0.05, 0) is 13.3 Å². The predicted molar refractivity (Wildman–Crippen MR) is 34.3 cm³/mol. The van der Waals surface area contributed by atoms with Crippen molar-refractivity contribution in [3.05, 3.63) is 12.2 Å². The molecule has 0 nitrogen and oxygen atoms in total. The lowest BCUT2D eigenvalue weighted by Gasteiger charge is -1.83. The first-order valence-corrected chi connectivity index (χ1v) is 2.64. The maximum absolute atomic E-state index is 7.29. The van der Waals surface area contributed by atoms with Crippen LogP contribution in [0.2, 0.25) is 0 Å². The summed E-state index contributed by atoms with van der Waals surface area (Å²) in [7, 11) is 0. The first-order valence-electron chi connectivity index (χ1n) is 3.79. The molecule has 0 N–H and O–H groups in total. The van der Waals surface area contributed by atoms with E-state index in [9.17, 15) is 0 Å². The second-order valence-corrected chi connectivity index (χ2v) is 1.37. The van der Waals surface area contributed by atoms with E-state index >= 15 is 0 Å². The summed E-state index contributed by atoms with van der Waals surface area (Å²) in [6.45, 7) is 3.68. The van der Waals surface area contributed by atoms with Crippen LogP contribution in [0, 0.1) is 0 Å². The van der Waals surface area contributed by atoms with Gasteiger partial charge in [0.2, 0.25) is 0 Å². The molecule has 0 saturated carbocycles. The Bertz CT molecular complexity index is 86.9. The molecule has 7 heavy (non-hydrogen) atoms. The third kappa shape index (κ3) is 5.74. The van der Waals surface area contributed by atoms with Crippen molar-refractivity contribution in [1.29, 1.82) is 0 Å². The van der Waals surface area contributed by atoms with Crippen molar-refractivity contribution in [3.8, 4) is 0 Å². The summed E-state index contributed by atoms with van der Waals surface area (Å²) in [6, 6.07) is 0. The molecule has 0 aliphatic heterocycles. The summed E-state index contributed by atoms with van der Waals surface area (Å²) in [5.74, 6) is 0. The van der Waals surface area contributed by atoms with Crippen LogP contribution in [-0.2, 0) is 0 Å². The van der Waals surface area contributed by atoms with Crippen molar-refractivity contribution in [2.24, 2.45) is 0 Å². The predicted octanol–water partition coefficient (Wildman–Crippen LogP) is 2.75. The molecule has 0 rings (SSSR count). The monoisotopic (exact) mass is 100 g/mol. The summed E-state index contributed by atoms with van der Waals surface area (Å²) in [5, 5.41) is 0. The quantitative estimate of drug-likeness (QED) is 0.478. The van der Waals surface area contributed by atoms with Crippen molar-refractivity contribution in [2.45, 2.75) is 33.1 Å². The van der Waals surface area contributed by atoms with Gasteiger partial charge in [0.1, 0.15) is 0 Å². The highest BCUT2D eigenvalue weighted by molar-refractivity contribution is 4.75. The van der Waals surface area contributed by atoms with Crippen LogP contribution in [0.25, 0.3) is 0 Å². The van der Waals surface area contributed by atoms with Gasteiger partial charge in [-0.15, -0.1) is 0 Å². The van der Waals surface area contributed by atoms with Crippen molar-refractivity contribution < 1.29 is 2.74 Å². The Labute approximate surface area is 49.0 Å². The lowest BCUT2D eigenvalue weighted by molar-refractivity contribution is 0.814. The van der Waals surface area contributed by atoms with Crippen LogP contribution >= 0.6 is 0 Å². The molecule has 0 radical (unpaired) electrons. The lowest BCUT2D eigenvalue weighted by Crippen LogP contribution is -1.63. The average molecular weight is 100 g/mol. The van der Waals surface area contributed by atoms with Gasteiger partial charge in [0.15, 0.2) is 0 Å². The van der Waals surface area contributed by atoms with E-state index in [-0.39, 0.29) is 12.8 Å². The molecule has 2 unspecified atom stereocenters. The Morgan fingerprint density at radius 2 is 2.43 bits per heavy atom. The fourth-order valence-electron chi connectivity index (χ4n) is 0.351. The van der Waals surface area contributed by atoms with Crippen LogP contribution in [0.5, 0.6) is 0 Å². The van der Waals surface area contributed by atoms with Crippen molar-refractivity contribution in [2.75, 3.05) is 0 Å². The molecular weight excluding hydrogens is 84.1 g/mol. The van der Waals surface area contributed by atoms with Crippen molar-refractivity contribution in [3.63, 3.8) is 0 Å². The lowest BCUT2D eigenvalue weighted by atomic mass is 10.2. The van der Waals surface area contributed by atoms with E-state index in [2.05, 4.69) is 0 Å². The minimum atomic E-state index is -0.263. The Kier molecular flexibility index (Phi) is 3.04. The minimum Gasteiger partial charge on any atom is -0.0917 e. The summed E-state index contributed by atoms with van der Waals surface area (Å²) in [4.78, 5) is 0. The van der Waals surface area contributed by atoms with Crippen LogP contribution in [0.3, 0.4) is 0 Å². The zero-order valence-electron chi connectivity index (χ0n) is 7.02. The smallest absolute Gasteiger partial charge is 0.0270 e. The minimum absolute atomic E-state index is 0.249. The standard InChI is InChI=1S/C7H14/c1-3-5-7-6-4-2/h3,5H,4,6-7H2,1-2H3/i4D,6D. The van der Waals surface area contributed by atoms with Crippen LogP contribution in [0.15, 0.2) is 12.2 Å². The highest BCUT2D eigenvalue weighted by Gasteiger charge is 1.73. The van der Waals surface area contributed by atoms with Crippen LogP contribution in [-0.4, -0.2) is 0 Å². The van der Waals surface area contributed by atoms with E-state index < -0.39 is 0 Å². The van der Waals surface area contributed by atoms with Gasteiger partial charge in [0, 0.05) is 2.74 Å². The van der Waals surface area contributed by atoms with Gasteiger partial charge in [0.25, 0.3) is 0 Å². The molecule has 2 atom stereocenters. The number of hydrogen-bond donors (Lipinski definition) is 0. The molecule has 0 aromatic heterocycles. The van der Waals surface area contributed by atoms with Gasteiger partial charge in [-0.25, -0.2) is 0 Å². The molecule has 0 fully saturated rings. The molecular formula is C7H14. The van der Waals surface area contributed by atoms with Crippen LogP contribution in [0.1, 0.15) is 35.8 Å². The third-order valence-corrected chi connectivity index (χ3v) is 0.744. The maximum Gasteiger partial charge on any atom is 0.0270 e. The van der Waals surface area contributed by atoms with Crippen LogP contribution < -0.4 is 0 Å². The molecule has 0 spiro atoms. The number of hydrogen-bond acceptors (Lipinski definition) is 0. The fourth-order valence-corrected chi connectivity index (χ4v) is 0.351. The highest BCUT2D eigenvalue weighted by atomic mass is 13.8. The van der Waals surface area contributed by atoms with Crippen molar-refractivity contribution in [1.82, 2.24) is 0 Å². The van der Waals surface area contributed by atoms with Gasteiger partial charge in [0.05, 0.1) is 0 Å². The normalized spacial score (nSPS) is 23.7. The SMILES string of the molecule is [2H]C(C)C([2H])CC=CC. The first-order chi connectivity index (χ1) is 4.18. The molecule has 0 aliphatic rings. The zero-order valence-corrected chi connectivity index (χ0v) is 5.02. The van der Waals surface area contributed by atoms with Gasteiger partial charge >= 0.3 is 0 Å². The van der Waals surface area contributed by atoms with E-state index in [1.165, 1.54) is 0 Å². The first kappa shape index (κ1) is 3.71. The van der Waals surface area contributed by atoms with Gasteiger partial charge in [-0.3, -0.25) is 0 Å². The van der Waals surface area contributed by atoms with E-state index in [0.29, 0.717) is 6.42 Å². The molecule has 0 saturated heterocycles. The van der Waals surface area contributed by atoms with Gasteiger partial charge in [-0.2, -0.15) is 0 Å². The summed E-state index contributed by atoms with van der Waals surface area (Å²) in [5.41, 5.74) is 0. The molecule has 0 amide bonds. The second kappa shape index (κ2) is 5.74. The molecule has 0 aromatic rings. The van der Waals surface area contributed by atoms with Crippen LogP contribution in [0.4, 0.5) is 0 Å². The average Bonchev–Trinajstić information content (AvgIpc) is 1.82. The maximum atomic E-state index is 7.29. The summed E-state index contributed by atoms with van der Waals surface area (Å²) >= 11 is 0. The molecule has 0 aliphatic carbocycles. The second-order valence-electron chi connectivity index (χ2n) is 1.37. The summed E-state index contributed by atoms with van der Waals surface area (Å²) in [6.07, 6.45) is 4.05. The van der Waals surface area contributed by atoms with Crippen molar-refractivity contribution >= 4 is 0 Å². The number of allylic oxidation sites excluding steroid dienone is 2. The molecule has 0 heteroatoms. The van der Waals surface area contributed by atoms with E-state index in [0.717, 1.165) is 0 Å². The largest absolute Gasteiger partial charge is 0.0917 e. The molecule has 0 aromatic carbocycles. The molecule has 0 heterocycles. The Hall–Kier alpha value is -0.260. The molecule has 42 valence electrons. The Morgan fingerprint density at radius 3 is 2.86 bits per heavy atom. The van der Waals surface area contributed by atoms with Gasteiger partial charge in [-0.1, -0.05) is 31.9 Å². The Balaban J connectivity index is 3.38. The number of rotatable bonds is 3. The highest BCUT2D eigenvalue weighted by Crippen LogP contribution is 1.93. The van der Waals surface area contributed by atoms with E-state index in [4.69, 9.17) is 2.74 Å². The topological polar surface area (TPSA) is 0 Å².